The van der Waals surface area contributed by atoms with Gasteiger partial charge in [0, 0.05) is 32.0 Å². The lowest BCUT2D eigenvalue weighted by Crippen LogP contribution is -2.24. The van der Waals surface area contributed by atoms with Crippen molar-refractivity contribution in [3.63, 3.8) is 0 Å². The second kappa shape index (κ2) is 9.29. The van der Waals surface area contributed by atoms with Gasteiger partial charge in [-0.05, 0) is 18.2 Å². The standard InChI is InChI=1S/C22H24N4O5/c1-25(2)22(29)15-11-19(30-3)20(31-4)12-16(15)24-21(28)9-10-26-17-8-6-5-7-14(17)18(27)13-23-26/h5-8,11-13H,9-10H2,1-4H3,(H,24,28). The molecular formula is C22H24N4O5. The fraction of sp³-hybridized carbons (Fsp3) is 0.273. The highest BCUT2D eigenvalue weighted by molar-refractivity contribution is 6.04. The second-order valence-corrected chi connectivity index (χ2v) is 7.00. The molecule has 3 aromatic rings. The van der Waals surface area contributed by atoms with Gasteiger partial charge in [0.2, 0.25) is 11.3 Å². The van der Waals surface area contributed by atoms with E-state index in [-0.39, 0.29) is 35.8 Å². The van der Waals surface area contributed by atoms with Crippen molar-refractivity contribution in [3.8, 4) is 11.5 Å². The Labute approximate surface area is 179 Å². The number of amides is 2. The summed E-state index contributed by atoms with van der Waals surface area (Å²) in [4.78, 5) is 38.7. The van der Waals surface area contributed by atoms with Gasteiger partial charge in [0.25, 0.3) is 5.91 Å². The van der Waals surface area contributed by atoms with E-state index >= 15 is 0 Å². The summed E-state index contributed by atoms with van der Waals surface area (Å²) < 4.78 is 12.2. The minimum absolute atomic E-state index is 0.0871. The van der Waals surface area contributed by atoms with Crippen LogP contribution in [0, 0.1) is 0 Å². The number of carbonyl (C=O) groups excluding carboxylic acids is 2. The van der Waals surface area contributed by atoms with E-state index in [2.05, 4.69) is 10.4 Å². The van der Waals surface area contributed by atoms with Crippen molar-refractivity contribution in [1.82, 2.24) is 14.7 Å². The van der Waals surface area contributed by atoms with Gasteiger partial charge in [-0.2, -0.15) is 5.10 Å². The zero-order valence-electron chi connectivity index (χ0n) is 17.8. The molecule has 0 saturated heterocycles. The van der Waals surface area contributed by atoms with Crippen molar-refractivity contribution in [2.45, 2.75) is 13.0 Å². The van der Waals surface area contributed by atoms with Gasteiger partial charge in [-0.15, -0.1) is 0 Å². The van der Waals surface area contributed by atoms with Crippen LogP contribution in [0.5, 0.6) is 11.5 Å². The molecule has 0 aliphatic carbocycles. The number of anilines is 1. The van der Waals surface area contributed by atoms with Crippen LogP contribution >= 0.6 is 0 Å². The van der Waals surface area contributed by atoms with Crippen molar-refractivity contribution in [1.29, 1.82) is 0 Å². The lowest BCUT2D eigenvalue weighted by molar-refractivity contribution is -0.116. The first kappa shape index (κ1) is 21.8. The van der Waals surface area contributed by atoms with Crippen LogP contribution in [0.15, 0.2) is 47.4 Å². The number of aromatic nitrogens is 2. The third-order valence-corrected chi connectivity index (χ3v) is 4.75. The van der Waals surface area contributed by atoms with Crippen LogP contribution in [0.1, 0.15) is 16.8 Å². The maximum absolute atomic E-state index is 12.7. The molecule has 0 fully saturated rings. The first-order valence-electron chi connectivity index (χ1n) is 9.58. The third kappa shape index (κ3) is 4.66. The molecule has 0 aliphatic heterocycles. The molecule has 9 heteroatoms. The van der Waals surface area contributed by atoms with E-state index in [1.54, 1.807) is 43.0 Å². The highest BCUT2D eigenvalue weighted by Crippen LogP contribution is 2.34. The van der Waals surface area contributed by atoms with E-state index in [1.165, 1.54) is 31.4 Å². The van der Waals surface area contributed by atoms with Gasteiger partial charge in [-0.25, -0.2) is 0 Å². The molecule has 3 rings (SSSR count). The number of hydrogen-bond acceptors (Lipinski definition) is 6. The number of hydrogen-bond donors (Lipinski definition) is 1. The summed E-state index contributed by atoms with van der Waals surface area (Å²) in [6.45, 7) is 0.261. The molecular weight excluding hydrogens is 400 g/mol. The third-order valence-electron chi connectivity index (χ3n) is 4.75. The molecule has 2 aromatic carbocycles. The average molecular weight is 424 g/mol. The van der Waals surface area contributed by atoms with Crippen LogP contribution in [-0.4, -0.2) is 54.8 Å². The van der Waals surface area contributed by atoms with Gasteiger partial charge in [-0.1, -0.05) is 12.1 Å². The Morgan fingerprint density at radius 2 is 1.77 bits per heavy atom. The Bertz CT molecular complexity index is 1190. The summed E-state index contributed by atoms with van der Waals surface area (Å²) >= 11 is 0. The number of nitrogens with one attached hydrogen (secondary N) is 1. The Hall–Kier alpha value is -3.88. The molecule has 0 saturated carbocycles. The molecule has 0 aliphatic rings. The van der Waals surface area contributed by atoms with Crippen molar-refractivity contribution < 1.29 is 19.1 Å². The Morgan fingerprint density at radius 3 is 2.45 bits per heavy atom. The molecule has 0 bridgehead atoms. The summed E-state index contributed by atoms with van der Waals surface area (Å²) in [6.07, 6.45) is 1.33. The predicted octanol–water partition coefficient (Wildman–Crippen LogP) is 2.14. The van der Waals surface area contributed by atoms with E-state index in [0.29, 0.717) is 28.1 Å². The zero-order valence-corrected chi connectivity index (χ0v) is 17.8. The fourth-order valence-corrected chi connectivity index (χ4v) is 3.16. The normalized spacial score (nSPS) is 10.6. The predicted molar refractivity (Wildman–Crippen MR) is 117 cm³/mol. The van der Waals surface area contributed by atoms with Gasteiger partial charge < -0.3 is 19.7 Å². The number of fused-ring (bicyclic) bond motifs is 1. The number of benzene rings is 2. The number of rotatable bonds is 7. The van der Waals surface area contributed by atoms with Gasteiger partial charge in [-0.3, -0.25) is 19.1 Å². The topological polar surface area (TPSA) is 103 Å². The van der Waals surface area contributed by atoms with Crippen molar-refractivity contribution in [2.24, 2.45) is 0 Å². The van der Waals surface area contributed by atoms with Gasteiger partial charge >= 0.3 is 0 Å². The molecule has 1 N–H and O–H groups in total. The summed E-state index contributed by atoms with van der Waals surface area (Å²) in [5.74, 6) is 0.171. The lowest BCUT2D eigenvalue weighted by atomic mass is 10.1. The quantitative estimate of drug-likeness (QED) is 0.623. The number of aryl methyl sites for hydroxylation is 1. The number of para-hydroxylation sites is 1. The first-order valence-corrected chi connectivity index (χ1v) is 9.58. The molecule has 31 heavy (non-hydrogen) atoms. The zero-order chi connectivity index (χ0) is 22.5. The smallest absolute Gasteiger partial charge is 0.255 e. The molecule has 0 radical (unpaired) electrons. The van der Waals surface area contributed by atoms with E-state index in [4.69, 9.17) is 9.47 Å². The van der Waals surface area contributed by atoms with Crippen molar-refractivity contribution in [3.05, 3.63) is 58.4 Å². The number of methoxy groups -OCH3 is 2. The van der Waals surface area contributed by atoms with Crippen molar-refractivity contribution >= 4 is 28.4 Å². The summed E-state index contributed by atoms with van der Waals surface area (Å²) in [5, 5.41) is 7.45. The molecule has 0 spiro atoms. The minimum Gasteiger partial charge on any atom is -0.493 e. The van der Waals surface area contributed by atoms with Crippen LogP contribution < -0.4 is 20.2 Å². The monoisotopic (exact) mass is 424 g/mol. The van der Waals surface area contributed by atoms with Gasteiger partial charge in [0.05, 0.1) is 43.7 Å². The van der Waals surface area contributed by atoms with Crippen LogP contribution in [-0.2, 0) is 11.3 Å². The molecule has 0 atom stereocenters. The van der Waals surface area contributed by atoms with E-state index in [1.807, 2.05) is 6.07 Å². The van der Waals surface area contributed by atoms with Crippen LogP contribution in [0.25, 0.3) is 10.9 Å². The Balaban J connectivity index is 1.84. The molecule has 1 heterocycles. The fourth-order valence-electron chi connectivity index (χ4n) is 3.16. The maximum atomic E-state index is 12.7. The number of carbonyl (C=O) groups is 2. The summed E-state index contributed by atoms with van der Waals surface area (Å²) in [5.41, 5.74) is 1.08. The van der Waals surface area contributed by atoms with Crippen LogP contribution in [0.4, 0.5) is 5.69 Å². The van der Waals surface area contributed by atoms with E-state index < -0.39 is 0 Å². The van der Waals surface area contributed by atoms with Crippen LogP contribution in [0.2, 0.25) is 0 Å². The number of ether oxygens (including phenoxy) is 2. The molecule has 2 amide bonds. The van der Waals surface area contributed by atoms with Crippen molar-refractivity contribution in [2.75, 3.05) is 33.6 Å². The Morgan fingerprint density at radius 1 is 1.10 bits per heavy atom. The average Bonchev–Trinajstić information content (AvgIpc) is 2.78. The SMILES string of the molecule is COc1cc(NC(=O)CCn2ncc(=O)c3ccccc32)c(C(=O)N(C)C)cc1OC. The number of nitrogens with zero attached hydrogens (tertiary/aromatic N) is 3. The van der Waals surface area contributed by atoms with E-state index in [9.17, 15) is 14.4 Å². The molecule has 162 valence electrons. The Kier molecular flexibility index (Phi) is 6.54. The maximum Gasteiger partial charge on any atom is 0.255 e. The van der Waals surface area contributed by atoms with Crippen LogP contribution in [0.3, 0.4) is 0 Å². The molecule has 0 unspecified atom stereocenters. The van der Waals surface area contributed by atoms with E-state index in [0.717, 1.165) is 0 Å². The molecule has 1 aromatic heterocycles. The summed E-state index contributed by atoms with van der Waals surface area (Å²) in [7, 11) is 6.20. The minimum atomic E-state index is -0.315. The molecule has 9 nitrogen and oxygen atoms in total. The summed E-state index contributed by atoms with van der Waals surface area (Å²) in [6, 6.07) is 10.2. The largest absolute Gasteiger partial charge is 0.493 e. The highest BCUT2D eigenvalue weighted by Gasteiger charge is 2.20. The lowest BCUT2D eigenvalue weighted by Gasteiger charge is -2.18. The highest BCUT2D eigenvalue weighted by atomic mass is 16.5. The first-order chi connectivity index (χ1) is 14.8. The van der Waals surface area contributed by atoms with Gasteiger partial charge in [0.1, 0.15) is 0 Å². The second-order valence-electron chi connectivity index (χ2n) is 7.00. The van der Waals surface area contributed by atoms with Gasteiger partial charge in [0.15, 0.2) is 11.5 Å².